The molecule has 0 unspecified atom stereocenters. The number of pyridine rings is 1. The molecule has 0 aliphatic rings. The summed E-state index contributed by atoms with van der Waals surface area (Å²) in [5.74, 6) is 0.603. The molecule has 7 heteroatoms. The van der Waals surface area contributed by atoms with Crippen molar-refractivity contribution in [2.75, 3.05) is 10.6 Å². The minimum atomic E-state index is -0.335. The van der Waals surface area contributed by atoms with Crippen molar-refractivity contribution in [1.82, 2.24) is 9.38 Å². The molecule has 4 rings (SSSR count). The number of carbonyl (C=O) groups excluding carboxylic acids is 1. The maximum Gasteiger partial charge on any atom is 0.323 e. The van der Waals surface area contributed by atoms with Crippen LogP contribution < -0.4 is 20.9 Å². The predicted octanol–water partition coefficient (Wildman–Crippen LogP) is 5.15. The van der Waals surface area contributed by atoms with Gasteiger partial charge < -0.3 is 15.4 Å². The van der Waals surface area contributed by atoms with Gasteiger partial charge in [0.05, 0.1) is 5.69 Å². The van der Waals surface area contributed by atoms with Crippen LogP contribution in [0.2, 0.25) is 0 Å². The molecule has 4 aromatic rings. The van der Waals surface area contributed by atoms with Gasteiger partial charge in [-0.25, -0.2) is 9.78 Å². The van der Waals surface area contributed by atoms with Gasteiger partial charge in [-0.2, -0.15) is 0 Å². The van der Waals surface area contributed by atoms with Crippen LogP contribution in [0.5, 0.6) is 5.75 Å². The smallest absolute Gasteiger partial charge is 0.323 e. The second-order valence-corrected chi connectivity index (χ2v) is 8.14. The lowest BCUT2D eigenvalue weighted by atomic mass is 10.1. The summed E-state index contributed by atoms with van der Waals surface area (Å²) in [7, 11) is 0. The van der Waals surface area contributed by atoms with E-state index in [-0.39, 0.29) is 18.2 Å². The molecule has 168 valence electrons. The van der Waals surface area contributed by atoms with E-state index >= 15 is 0 Å². The summed E-state index contributed by atoms with van der Waals surface area (Å²) >= 11 is 0. The van der Waals surface area contributed by atoms with Crippen LogP contribution in [0, 0.1) is 27.7 Å². The number of nitrogens with zero attached hydrogens (tertiary/aromatic N) is 2. The summed E-state index contributed by atoms with van der Waals surface area (Å²) in [6.45, 7) is 7.89. The Morgan fingerprint density at radius 3 is 2.55 bits per heavy atom. The fourth-order valence-electron chi connectivity index (χ4n) is 3.52. The van der Waals surface area contributed by atoms with Gasteiger partial charge in [-0.05, 0) is 68.1 Å². The molecule has 2 aromatic carbocycles. The number of anilines is 2. The molecule has 0 saturated heterocycles. The highest BCUT2D eigenvalue weighted by Crippen LogP contribution is 2.24. The number of hydrogen-bond donors (Lipinski definition) is 2. The number of urea groups is 1. The van der Waals surface area contributed by atoms with Gasteiger partial charge in [0, 0.05) is 29.7 Å². The van der Waals surface area contributed by atoms with Crippen LogP contribution in [0.3, 0.4) is 0 Å². The van der Waals surface area contributed by atoms with Crippen molar-refractivity contribution in [3.8, 4) is 5.75 Å². The number of carbonyl (C=O) groups is 1. The summed E-state index contributed by atoms with van der Waals surface area (Å²) in [6, 6.07) is 16.2. The van der Waals surface area contributed by atoms with Crippen molar-refractivity contribution in [2.24, 2.45) is 0 Å². The van der Waals surface area contributed by atoms with E-state index < -0.39 is 0 Å². The fourth-order valence-corrected chi connectivity index (χ4v) is 3.52. The number of ether oxygens (including phenoxy) is 1. The van der Waals surface area contributed by atoms with E-state index in [1.165, 1.54) is 10.5 Å². The maximum atomic E-state index is 12.5. The highest BCUT2D eigenvalue weighted by Gasteiger charge is 2.10. The van der Waals surface area contributed by atoms with E-state index in [1.807, 2.05) is 70.2 Å². The van der Waals surface area contributed by atoms with Crippen molar-refractivity contribution in [2.45, 2.75) is 34.3 Å². The van der Waals surface area contributed by atoms with Crippen LogP contribution in [0.15, 0.2) is 65.6 Å². The number of aromatic nitrogens is 2. The molecular weight excluding hydrogens is 416 g/mol. The highest BCUT2D eigenvalue weighted by atomic mass is 16.5. The van der Waals surface area contributed by atoms with Crippen molar-refractivity contribution >= 4 is 23.1 Å². The molecule has 7 nitrogen and oxygen atoms in total. The molecule has 0 atom stereocenters. The third-order valence-corrected chi connectivity index (χ3v) is 5.40. The fraction of sp³-hybridized carbons (Fsp3) is 0.192. The molecule has 2 heterocycles. The highest BCUT2D eigenvalue weighted by molar-refractivity contribution is 6.00. The molecular formula is C26H26N4O3. The second kappa shape index (κ2) is 9.16. The Kier molecular flexibility index (Phi) is 6.13. The molecule has 2 amide bonds. The standard InChI is InChI=1S/C26H26N4O3/c1-16-7-8-17(2)22(12-16)29-26(32)28-20-10-9-18(3)23(13-20)33-15-21-14-24(31)30-11-5-6-19(4)25(30)27-21/h5-14H,15H2,1-4H3,(H2,28,29,32). The summed E-state index contributed by atoms with van der Waals surface area (Å²) in [4.78, 5) is 29.5. The number of fused-ring (bicyclic) bond motifs is 1. The molecule has 33 heavy (non-hydrogen) atoms. The molecule has 2 N–H and O–H groups in total. The van der Waals surface area contributed by atoms with E-state index in [9.17, 15) is 9.59 Å². The number of amides is 2. The molecule has 0 aliphatic carbocycles. The number of aryl methyl sites for hydroxylation is 4. The lowest BCUT2D eigenvalue weighted by Gasteiger charge is -2.14. The first-order chi connectivity index (χ1) is 15.8. The maximum absolute atomic E-state index is 12.5. The van der Waals surface area contributed by atoms with E-state index in [0.29, 0.717) is 22.8 Å². The predicted molar refractivity (Wildman–Crippen MR) is 130 cm³/mol. The van der Waals surface area contributed by atoms with E-state index in [4.69, 9.17) is 4.74 Å². The lowest BCUT2D eigenvalue weighted by molar-refractivity contribution is 0.262. The molecule has 0 aliphatic heterocycles. The van der Waals surface area contributed by atoms with Gasteiger partial charge in [-0.3, -0.25) is 9.20 Å². The molecule has 0 bridgehead atoms. The van der Waals surface area contributed by atoms with Crippen LogP contribution in [0.1, 0.15) is 27.9 Å². The number of benzene rings is 2. The van der Waals surface area contributed by atoms with Gasteiger partial charge in [0.2, 0.25) is 0 Å². The Bertz CT molecular complexity index is 1410. The number of rotatable bonds is 5. The average molecular weight is 443 g/mol. The minimum Gasteiger partial charge on any atom is -0.487 e. The van der Waals surface area contributed by atoms with Gasteiger partial charge in [-0.1, -0.05) is 24.3 Å². The lowest BCUT2D eigenvalue weighted by Crippen LogP contribution is -2.20. The SMILES string of the molecule is Cc1ccc(C)c(NC(=O)Nc2ccc(C)c(OCc3cc(=O)n4cccc(C)c4n3)c2)c1. The zero-order chi connectivity index (χ0) is 23.5. The Labute approximate surface area is 192 Å². The Hall–Kier alpha value is -4.13. The monoisotopic (exact) mass is 442 g/mol. The topological polar surface area (TPSA) is 84.7 Å². The first-order valence-electron chi connectivity index (χ1n) is 10.7. The quantitative estimate of drug-likeness (QED) is 0.448. The van der Waals surface area contributed by atoms with E-state index in [1.54, 1.807) is 12.3 Å². The van der Waals surface area contributed by atoms with Crippen molar-refractivity contribution in [3.05, 3.63) is 99.1 Å². The van der Waals surface area contributed by atoms with Gasteiger partial charge in [0.1, 0.15) is 18.0 Å². The third kappa shape index (κ3) is 5.03. The van der Waals surface area contributed by atoms with Gasteiger partial charge in [0.15, 0.2) is 0 Å². The Balaban J connectivity index is 1.48. The molecule has 0 spiro atoms. The summed E-state index contributed by atoms with van der Waals surface area (Å²) in [6.07, 6.45) is 1.70. The van der Waals surface area contributed by atoms with E-state index in [0.717, 1.165) is 27.9 Å². The van der Waals surface area contributed by atoms with Crippen LogP contribution in [0.25, 0.3) is 5.65 Å². The third-order valence-electron chi connectivity index (χ3n) is 5.40. The zero-order valence-electron chi connectivity index (χ0n) is 19.1. The van der Waals surface area contributed by atoms with Crippen LogP contribution in [0.4, 0.5) is 16.2 Å². The molecule has 0 saturated carbocycles. The van der Waals surface area contributed by atoms with Crippen molar-refractivity contribution < 1.29 is 9.53 Å². The normalized spacial score (nSPS) is 10.8. The van der Waals surface area contributed by atoms with Crippen molar-refractivity contribution in [3.63, 3.8) is 0 Å². The minimum absolute atomic E-state index is 0.138. The van der Waals surface area contributed by atoms with E-state index in [2.05, 4.69) is 15.6 Å². The van der Waals surface area contributed by atoms with Crippen LogP contribution in [-0.2, 0) is 6.61 Å². The number of hydrogen-bond acceptors (Lipinski definition) is 4. The summed E-state index contributed by atoms with van der Waals surface area (Å²) in [5, 5.41) is 5.73. The zero-order valence-corrected chi connectivity index (χ0v) is 19.1. The molecule has 2 aromatic heterocycles. The second-order valence-electron chi connectivity index (χ2n) is 8.14. The van der Waals surface area contributed by atoms with Gasteiger partial charge in [0.25, 0.3) is 5.56 Å². The summed E-state index contributed by atoms with van der Waals surface area (Å²) in [5.41, 5.74) is 6.23. The van der Waals surface area contributed by atoms with Crippen LogP contribution >= 0.6 is 0 Å². The first-order valence-corrected chi connectivity index (χ1v) is 10.7. The van der Waals surface area contributed by atoms with Gasteiger partial charge >= 0.3 is 6.03 Å². The Morgan fingerprint density at radius 2 is 1.73 bits per heavy atom. The number of nitrogens with one attached hydrogen (secondary N) is 2. The van der Waals surface area contributed by atoms with Gasteiger partial charge in [-0.15, -0.1) is 0 Å². The molecule has 0 radical (unpaired) electrons. The summed E-state index contributed by atoms with van der Waals surface area (Å²) < 4.78 is 7.48. The first kappa shape index (κ1) is 22.1. The average Bonchev–Trinajstić information content (AvgIpc) is 2.77. The molecule has 0 fully saturated rings. The van der Waals surface area contributed by atoms with Crippen molar-refractivity contribution in [1.29, 1.82) is 0 Å². The Morgan fingerprint density at radius 1 is 0.939 bits per heavy atom. The largest absolute Gasteiger partial charge is 0.487 e. The van der Waals surface area contributed by atoms with Crippen LogP contribution in [-0.4, -0.2) is 15.4 Å².